The molecule has 0 atom stereocenters. The van der Waals surface area contributed by atoms with Gasteiger partial charge in [0.05, 0.1) is 6.54 Å². The average Bonchev–Trinajstić information content (AvgIpc) is 3.44. The number of imidazole rings is 1. The van der Waals surface area contributed by atoms with Crippen LogP contribution < -0.4 is 4.90 Å². The summed E-state index contributed by atoms with van der Waals surface area (Å²) in [4.78, 5) is 20.8. The lowest BCUT2D eigenvalue weighted by Gasteiger charge is -2.22. The molecule has 30 heavy (non-hydrogen) atoms. The fraction of sp³-hybridized carbons (Fsp3) is 0.250. The number of benzene rings is 1. The number of fused-ring (bicyclic) bond motifs is 1. The molecule has 0 saturated heterocycles. The average molecular weight is 396 g/mol. The van der Waals surface area contributed by atoms with E-state index in [9.17, 15) is 0 Å². The first-order chi connectivity index (χ1) is 14.8. The molecule has 0 saturated carbocycles. The molecule has 3 heterocycles. The predicted octanol–water partition coefficient (Wildman–Crippen LogP) is 3.91. The third-order valence-corrected chi connectivity index (χ3v) is 5.59. The van der Waals surface area contributed by atoms with Gasteiger partial charge < -0.3 is 9.47 Å². The zero-order valence-electron chi connectivity index (χ0n) is 17.1. The molecule has 0 radical (unpaired) electrons. The summed E-state index contributed by atoms with van der Waals surface area (Å²) in [6, 6.07) is 14.4. The topological polar surface area (TPSA) is 59.7 Å². The number of hydrogen-bond acceptors (Lipinski definition) is 5. The first kappa shape index (κ1) is 18.5. The third-order valence-electron chi connectivity index (χ3n) is 5.59. The maximum atomic E-state index is 4.96. The van der Waals surface area contributed by atoms with Gasteiger partial charge in [-0.05, 0) is 37.0 Å². The molecule has 0 N–H and O–H groups in total. The van der Waals surface area contributed by atoms with E-state index in [2.05, 4.69) is 50.7 Å². The van der Waals surface area contributed by atoms with Crippen molar-refractivity contribution in [1.29, 1.82) is 0 Å². The van der Waals surface area contributed by atoms with Crippen LogP contribution in [-0.4, -0.2) is 31.6 Å². The number of hydrogen-bond donors (Lipinski definition) is 0. The summed E-state index contributed by atoms with van der Waals surface area (Å²) in [6.07, 6.45) is 10.7. The molecule has 0 aliphatic heterocycles. The first-order valence-electron chi connectivity index (χ1n) is 10.3. The van der Waals surface area contributed by atoms with Crippen molar-refractivity contribution in [3.63, 3.8) is 0 Å². The minimum atomic E-state index is 0.694. The molecule has 0 spiro atoms. The van der Waals surface area contributed by atoms with Crippen molar-refractivity contribution in [3.05, 3.63) is 89.9 Å². The van der Waals surface area contributed by atoms with Gasteiger partial charge in [0, 0.05) is 55.2 Å². The largest absolute Gasteiger partial charge is 0.352 e. The van der Waals surface area contributed by atoms with Gasteiger partial charge in [-0.1, -0.05) is 30.3 Å². The van der Waals surface area contributed by atoms with Crippen LogP contribution in [0.25, 0.3) is 11.4 Å². The molecule has 6 heteroatoms. The van der Waals surface area contributed by atoms with E-state index >= 15 is 0 Å². The lowest BCUT2D eigenvalue weighted by Crippen LogP contribution is -2.23. The number of pyridine rings is 1. The molecule has 150 valence electrons. The van der Waals surface area contributed by atoms with Crippen LogP contribution in [0.1, 0.15) is 29.1 Å². The number of anilines is 1. The summed E-state index contributed by atoms with van der Waals surface area (Å²) in [7, 11) is 2.10. The van der Waals surface area contributed by atoms with Crippen molar-refractivity contribution in [3.8, 4) is 11.4 Å². The molecule has 1 aliphatic rings. The molecule has 3 aromatic heterocycles. The van der Waals surface area contributed by atoms with E-state index in [-0.39, 0.29) is 0 Å². The molecule has 5 rings (SSSR count). The van der Waals surface area contributed by atoms with E-state index in [0.29, 0.717) is 6.54 Å². The van der Waals surface area contributed by atoms with Gasteiger partial charge in [0.2, 0.25) is 0 Å². The minimum Gasteiger partial charge on any atom is -0.352 e. The Labute approximate surface area is 176 Å². The van der Waals surface area contributed by atoms with Crippen molar-refractivity contribution in [2.45, 2.75) is 32.4 Å². The standard InChI is InChI=1S/C24H24N6/c1-29(17-22-26-14-15-30(22)16-18-6-3-2-4-7-18)24-20-8-5-9-21(20)27-23(28-24)19-10-12-25-13-11-19/h2-4,6-7,10-15H,5,8-9,16-17H2,1H3. The van der Waals surface area contributed by atoms with E-state index in [1.54, 1.807) is 12.4 Å². The van der Waals surface area contributed by atoms with E-state index in [0.717, 1.165) is 48.8 Å². The van der Waals surface area contributed by atoms with Crippen molar-refractivity contribution >= 4 is 5.82 Å². The summed E-state index contributed by atoms with van der Waals surface area (Å²) in [5, 5.41) is 0. The van der Waals surface area contributed by atoms with E-state index < -0.39 is 0 Å². The fourth-order valence-electron chi connectivity index (χ4n) is 4.06. The number of aromatic nitrogens is 5. The van der Waals surface area contributed by atoms with Crippen molar-refractivity contribution < 1.29 is 0 Å². The Morgan fingerprint density at radius 1 is 0.967 bits per heavy atom. The molecule has 0 bridgehead atoms. The van der Waals surface area contributed by atoms with Gasteiger partial charge in [-0.15, -0.1) is 0 Å². The zero-order valence-corrected chi connectivity index (χ0v) is 17.1. The van der Waals surface area contributed by atoms with Crippen LogP contribution in [0.4, 0.5) is 5.82 Å². The first-order valence-corrected chi connectivity index (χ1v) is 10.3. The Balaban J connectivity index is 1.44. The zero-order chi connectivity index (χ0) is 20.3. The van der Waals surface area contributed by atoms with Gasteiger partial charge in [-0.25, -0.2) is 15.0 Å². The molecule has 0 fully saturated rings. The second-order valence-electron chi connectivity index (χ2n) is 7.70. The highest BCUT2D eigenvalue weighted by atomic mass is 15.2. The van der Waals surface area contributed by atoms with Gasteiger partial charge in [0.25, 0.3) is 0 Å². The molecular formula is C24H24N6. The molecule has 1 aliphatic carbocycles. The highest BCUT2D eigenvalue weighted by Gasteiger charge is 2.23. The lowest BCUT2D eigenvalue weighted by molar-refractivity contribution is 0.702. The summed E-state index contributed by atoms with van der Waals surface area (Å²) in [5.74, 6) is 2.81. The summed E-state index contributed by atoms with van der Waals surface area (Å²) in [6.45, 7) is 1.51. The van der Waals surface area contributed by atoms with Crippen LogP contribution in [0.15, 0.2) is 67.3 Å². The van der Waals surface area contributed by atoms with Gasteiger partial charge in [0.1, 0.15) is 11.6 Å². The fourth-order valence-corrected chi connectivity index (χ4v) is 4.06. The monoisotopic (exact) mass is 396 g/mol. The van der Waals surface area contributed by atoms with E-state index in [1.165, 1.54) is 16.8 Å². The van der Waals surface area contributed by atoms with Crippen LogP contribution >= 0.6 is 0 Å². The third kappa shape index (κ3) is 3.68. The van der Waals surface area contributed by atoms with Crippen molar-refractivity contribution in [2.75, 3.05) is 11.9 Å². The Hall–Kier alpha value is -3.54. The van der Waals surface area contributed by atoms with Crippen LogP contribution in [-0.2, 0) is 25.9 Å². The van der Waals surface area contributed by atoms with E-state index in [1.807, 2.05) is 30.6 Å². The molecule has 4 aromatic rings. The maximum absolute atomic E-state index is 4.96. The minimum absolute atomic E-state index is 0.694. The molecule has 6 nitrogen and oxygen atoms in total. The summed E-state index contributed by atoms with van der Waals surface area (Å²) < 4.78 is 2.21. The van der Waals surface area contributed by atoms with Gasteiger partial charge in [-0.3, -0.25) is 4.98 Å². The van der Waals surface area contributed by atoms with Crippen LogP contribution in [0.5, 0.6) is 0 Å². The number of aryl methyl sites for hydroxylation is 1. The smallest absolute Gasteiger partial charge is 0.161 e. The van der Waals surface area contributed by atoms with E-state index in [4.69, 9.17) is 9.97 Å². The highest BCUT2D eigenvalue weighted by molar-refractivity contribution is 5.60. The second-order valence-corrected chi connectivity index (χ2v) is 7.70. The predicted molar refractivity (Wildman–Crippen MR) is 117 cm³/mol. The Kier molecular flexibility index (Phi) is 4.97. The quantitative estimate of drug-likeness (QED) is 0.495. The Bertz CT molecular complexity index is 1140. The van der Waals surface area contributed by atoms with Crippen LogP contribution in [0, 0.1) is 0 Å². The van der Waals surface area contributed by atoms with Gasteiger partial charge >= 0.3 is 0 Å². The lowest BCUT2D eigenvalue weighted by atomic mass is 10.2. The normalized spacial score (nSPS) is 12.7. The molecule has 1 aromatic carbocycles. The second kappa shape index (κ2) is 8.06. The molecular weight excluding hydrogens is 372 g/mol. The maximum Gasteiger partial charge on any atom is 0.161 e. The molecule has 0 amide bonds. The van der Waals surface area contributed by atoms with Gasteiger partial charge in [-0.2, -0.15) is 0 Å². The van der Waals surface area contributed by atoms with Crippen molar-refractivity contribution in [1.82, 2.24) is 24.5 Å². The highest BCUT2D eigenvalue weighted by Crippen LogP contribution is 2.31. The summed E-state index contributed by atoms with van der Waals surface area (Å²) >= 11 is 0. The van der Waals surface area contributed by atoms with Crippen LogP contribution in [0.3, 0.4) is 0 Å². The Morgan fingerprint density at radius 3 is 2.63 bits per heavy atom. The Morgan fingerprint density at radius 2 is 1.80 bits per heavy atom. The summed E-state index contributed by atoms with van der Waals surface area (Å²) in [5.41, 5.74) is 4.71. The number of rotatable bonds is 6. The molecule has 0 unspecified atom stereocenters. The number of nitrogens with zero attached hydrogens (tertiary/aromatic N) is 6. The van der Waals surface area contributed by atoms with Gasteiger partial charge in [0.15, 0.2) is 5.82 Å². The van der Waals surface area contributed by atoms with Crippen molar-refractivity contribution in [2.24, 2.45) is 0 Å². The van der Waals surface area contributed by atoms with Crippen LogP contribution in [0.2, 0.25) is 0 Å². The SMILES string of the molecule is CN(Cc1nccn1Cc1ccccc1)c1nc(-c2ccncc2)nc2c1CCC2.